The Hall–Kier alpha value is -2.37. The summed E-state index contributed by atoms with van der Waals surface area (Å²) in [6, 6.07) is 16.9. The number of aromatic nitrogens is 2. The van der Waals surface area contributed by atoms with Gasteiger partial charge in [0.1, 0.15) is 5.65 Å². The van der Waals surface area contributed by atoms with E-state index < -0.39 is 0 Å². The van der Waals surface area contributed by atoms with Crippen molar-refractivity contribution in [1.29, 1.82) is 0 Å². The molecule has 3 heterocycles. The Morgan fingerprint density at radius 2 is 1.72 bits per heavy atom. The van der Waals surface area contributed by atoms with Crippen molar-refractivity contribution >= 4 is 11.5 Å². The first kappa shape index (κ1) is 16.1. The summed E-state index contributed by atoms with van der Waals surface area (Å²) in [5.74, 6) is 1.12. The summed E-state index contributed by atoms with van der Waals surface area (Å²) in [5.41, 5.74) is 3.66. The maximum atomic E-state index is 4.89. The maximum absolute atomic E-state index is 4.89. The van der Waals surface area contributed by atoms with Gasteiger partial charge in [-0.05, 0) is 24.7 Å². The molecule has 130 valence electrons. The number of rotatable bonds is 5. The van der Waals surface area contributed by atoms with Crippen molar-refractivity contribution in [2.75, 3.05) is 38.1 Å². The van der Waals surface area contributed by atoms with Crippen molar-refractivity contribution in [3.05, 3.63) is 66.0 Å². The lowest BCUT2D eigenvalue weighted by molar-refractivity contribution is 0.249. The minimum absolute atomic E-state index is 0.824. The number of benzene rings is 1. The number of hydrogen-bond acceptors (Lipinski definition) is 4. The van der Waals surface area contributed by atoms with Gasteiger partial charge < -0.3 is 14.6 Å². The zero-order valence-corrected chi connectivity index (χ0v) is 14.7. The van der Waals surface area contributed by atoms with Gasteiger partial charge in [-0.2, -0.15) is 0 Å². The van der Waals surface area contributed by atoms with Crippen LogP contribution < -0.4 is 10.2 Å². The first-order valence-corrected chi connectivity index (χ1v) is 8.97. The van der Waals surface area contributed by atoms with Crippen LogP contribution in [0.5, 0.6) is 0 Å². The second-order valence-corrected chi connectivity index (χ2v) is 6.59. The van der Waals surface area contributed by atoms with E-state index in [1.807, 2.05) is 13.1 Å². The number of nitrogens with zero attached hydrogens (tertiary/aromatic N) is 4. The molecule has 1 saturated heterocycles. The van der Waals surface area contributed by atoms with E-state index in [9.17, 15) is 0 Å². The summed E-state index contributed by atoms with van der Waals surface area (Å²) in [6.07, 6.45) is 2.10. The third-order valence-electron chi connectivity index (χ3n) is 4.87. The molecule has 0 saturated carbocycles. The molecule has 3 aromatic rings. The zero-order chi connectivity index (χ0) is 17.1. The van der Waals surface area contributed by atoms with E-state index in [0.717, 1.165) is 50.7 Å². The van der Waals surface area contributed by atoms with Gasteiger partial charge in [-0.3, -0.25) is 4.90 Å². The molecule has 2 aromatic heterocycles. The number of pyridine rings is 1. The molecule has 1 aliphatic rings. The van der Waals surface area contributed by atoms with Crippen molar-refractivity contribution in [3.63, 3.8) is 0 Å². The molecule has 25 heavy (non-hydrogen) atoms. The third kappa shape index (κ3) is 3.38. The van der Waals surface area contributed by atoms with Crippen LogP contribution in [0.4, 0.5) is 5.82 Å². The molecular formula is C20H25N5. The topological polar surface area (TPSA) is 35.8 Å². The molecule has 5 nitrogen and oxygen atoms in total. The lowest BCUT2D eigenvalue weighted by Crippen LogP contribution is -2.46. The SMILES string of the molecule is CNCc1c(N2CCN(Cc3ccccc3)CC2)nc2ccccn12. The van der Waals surface area contributed by atoms with Crippen molar-refractivity contribution in [2.45, 2.75) is 13.1 Å². The van der Waals surface area contributed by atoms with Gasteiger partial charge in [0.05, 0.1) is 5.69 Å². The largest absolute Gasteiger partial charge is 0.352 e. The first-order valence-electron chi connectivity index (χ1n) is 8.97. The second-order valence-electron chi connectivity index (χ2n) is 6.59. The van der Waals surface area contributed by atoms with E-state index in [1.165, 1.54) is 11.3 Å². The van der Waals surface area contributed by atoms with Crippen molar-refractivity contribution in [2.24, 2.45) is 0 Å². The van der Waals surface area contributed by atoms with Gasteiger partial charge in [0.25, 0.3) is 0 Å². The van der Waals surface area contributed by atoms with Gasteiger partial charge in [0, 0.05) is 45.5 Å². The lowest BCUT2D eigenvalue weighted by atomic mass is 10.2. The molecule has 1 aromatic carbocycles. The number of imidazole rings is 1. The van der Waals surface area contributed by atoms with Gasteiger partial charge in [-0.25, -0.2) is 4.98 Å². The maximum Gasteiger partial charge on any atom is 0.152 e. The van der Waals surface area contributed by atoms with Gasteiger partial charge >= 0.3 is 0 Å². The van der Waals surface area contributed by atoms with Gasteiger partial charge in [-0.15, -0.1) is 0 Å². The fraction of sp³-hybridized carbons (Fsp3) is 0.350. The summed E-state index contributed by atoms with van der Waals surface area (Å²) >= 11 is 0. The molecule has 1 aliphatic heterocycles. The van der Waals surface area contributed by atoms with Crippen LogP contribution in [0.1, 0.15) is 11.3 Å². The highest BCUT2D eigenvalue weighted by Crippen LogP contribution is 2.23. The molecule has 0 amide bonds. The minimum atomic E-state index is 0.824. The Morgan fingerprint density at radius 1 is 0.960 bits per heavy atom. The van der Waals surface area contributed by atoms with Crippen LogP contribution in [0.15, 0.2) is 54.7 Å². The summed E-state index contributed by atoms with van der Waals surface area (Å²) in [5, 5.41) is 3.29. The first-order chi connectivity index (χ1) is 12.3. The molecular weight excluding hydrogens is 310 g/mol. The smallest absolute Gasteiger partial charge is 0.152 e. The summed E-state index contributed by atoms with van der Waals surface area (Å²) in [7, 11) is 1.99. The van der Waals surface area contributed by atoms with Crippen LogP contribution in [0.2, 0.25) is 0 Å². The molecule has 0 aliphatic carbocycles. The van der Waals surface area contributed by atoms with Crippen molar-refractivity contribution < 1.29 is 0 Å². The number of hydrogen-bond donors (Lipinski definition) is 1. The molecule has 5 heteroatoms. The Morgan fingerprint density at radius 3 is 2.48 bits per heavy atom. The molecule has 4 rings (SSSR count). The number of nitrogens with one attached hydrogen (secondary N) is 1. The summed E-state index contributed by atoms with van der Waals surface area (Å²) in [4.78, 5) is 9.85. The predicted molar refractivity (Wildman–Crippen MR) is 102 cm³/mol. The molecule has 0 radical (unpaired) electrons. The second kappa shape index (κ2) is 7.25. The minimum Gasteiger partial charge on any atom is -0.352 e. The van der Waals surface area contributed by atoms with E-state index in [2.05, 4.69) is 68.2 Å². The van der Waals surface area contributed by atoms with Crippen LogP contribution in [0.3, 0.4) is 0 Å². The number of anilines is 1. The van der Waals surface area contributed by atoms with Crippen molar-refractivity contribution in [1.82, 2.24) is 19.6 Å². The fourth-order valence-corrected chi connectivity index (χ4v) is 3.58. The van der Waals surface area contributed by atoms with Crippen LogP contribution in [0.25, 0.3) is 5.65 Å². The number of piperazine rings is 1. The monoisotopic (exact) mass is 335 g/mol. The summed E-state index contributed by atoms with van der Waals surface area (Å²) in [6.45, 7) is 6.04. The Bertz CT molecular complexity index is 818. The summed E-state index contributed by atoms with van der Waals surface area (Å²) < 4.78 is 2.20. The van der Waals surface area contributed by atoms with E-state index in [-0.39, 0.29) is 0 Å². The van der Waals surface area contributed by atoms with Crippen LogP contribution in [-0.4, -0.2) is 47.5 Å². The quantitative estimate of drug-likeness (QED) is 0.777. The Kier molecular flexibility index (Phi) is 4.68. The van der Waals surface area contributed by atoms with Crippen LogP contribution in [0, 0.1) is 0 Å². The van der Waals surface area contributed by atoms with Gasteiger partial charge in [0.2, 0.25) is 0 Å². The highest BCUT2D eigenvalue weighted by Gasteiger charge is 2.22. The molecule has 0 bridgehead atoms. The van der Waals surface area contributed by atoms with Crippen molar-refractivity contribution in [3.8, 4) is 0 Å². The molecule has 1 N–H and O–H groups in total. The number of fused-ring (bicyclic) bond motifs is 1. The van der Waals surface area contributed by atoms with Gasteiger partial charge in [-0.1, -0.05) is 36.4 Å². The van der Waals surface area contributed by atoms with Gasteiger partial charge in [0.15, 0.2) is 5.82 Å². The molecule has 0 spiro atoms. The van der Waals surface area contributed by atoms with Crippen LogP contribution in [-0.2, 0) is 13.1 Å². The van der Waals surface area contributed by atoms with E-state index >= 15 is 0 Å². The van der Waals surface area contributed by atoms with E-state index in [0.29, 0.717) is 0 Å². The average Bonchev–Trinajstić information content (AvgIpc) is 3.02. The van der Waals surface area contributed by atoms with E-state index in [4.69, 9.17) is 4.98 Å². The average molecular weight is 335 g/mol. The van der Waals surface area contributed by atoms with E-state index in [1.54, 1.807) is 0 Å². The molecule has 0 atom stereocenters. The zero-order valence-electron chi connectivity index (χ0n) is 14.7. The molecule has 1 fully saturated rings. The standard InChI is InChI=1S/C20H25N5/c1-21-15-18-20(22-19-9-5-6-10-25(18)19)24-13-11-23(12-14-24)16-17-7-3-2-4-8-17/h2-10,21H,11-16H2,1H3. The lowest BCUT2D eigenvalue weighted by Gasteiger charge is -2.35. The third-order valence-corrected chi connectivity index (χ3v) is 4.87. The normalized spacial score (nSPS) is 15.8. The van der Waals surface area contributed by atoms with Crippen LogP contribution >= 0.6 is 0 Å². The predicted octanol–water partition coefficient (Wildman–Crippen LogP) is 2.38. The highest BCUT2D eigenvalue weighted by molar-refractivity contribution is 5.56. The Balaban J connectivity index is 1.49. The Labute approximate surface area is 148 Å². The highest BCUT2D eigenvalue weighted by atomic mass is 15.3. The molecule has 0 unspecified atom stereocenters. The fourth-order valence-electron chi connectivity index (χ4n) is 3.58.